The Balaban J connectivity index is 0.000000697. The molecule has 1 fully saturated rings. The van der Waals surface area contributed by atoms with Crippen molar-refractivity contribution < 1.29 is 42.4 Å². The maximum atomic E-state index is 10.6. The largest absolute Gasteiger partial charge is 0.490 e. The van der Waals surface area contributed by atoms with Gasteiger partial charge in [0.05, 0.1) is 19.8 Å². The van der Waals surface area contributed by atoms with Crippen LogP contribution in [0.4, 0.5) is 18.0 Å². The summed E-state index contributed by atoms with van der Waals surface area (Å²) >= 11 is 0. The van der Waals surface area contributed by atoms with Crippen molar-refractivity contribution in [2.45, 2.75) is 43.9 Å². The number of carboxylic acids is 1. The molecule has 0 aromatic carbocycles. The zero-order valence-electron chi connectivity index (χ0n) is 14.0. The van der Waals surface area contributed by atoms with Gasteiger partial charge in [-0.1, -0.05) is 0 Å². The molecular formula is C14H25F3N2O6. The summed E-state index contributed by atoms with van der Waals surface area (Å²) in [5.74, 6) is -2.76. The number of carboxylic acid groups (broad SMARTS) is 2. The molecule has 8 nitrogen and oxygen atoms in total. The molecule has 0 saturated heterocycles. The summed E-state index contributed by atoms with van der Waals surface area (Å²) in [5.41, 5.74) is 0. The van der Waals surface area contributed by atoms with Crippen LogP contribution in [-0.4, -0.2) is 74.0 Å². The van der Waals surface area contributed by atoms with Gasteiger partial charge in [0.1, 0.15) is 0 Å². The molecule has 0 heterocycles. The second-order valence-electron chi connectivity index (χ2n) is 5.36. The van der Waals surface area contributed by atoms with Gasteiger partial charge in [0, 0.05) is 25.7 Å². The highest BCUT2D eigenvalue weighted by atomic mass is 19.4. The fraction of sp³-hybridized carbons (Fsp3) is 0.857. The number of hydrogen-bond acceptors (Lipinski definition) is 5. The third kappa shape index (κ3) is 13.4. The summed E-state index contributed by atoms with van der Waals surface area (Å²) in [6, 6.07) is 0.612. The molecule has 0 unspecified atom stereocenters. The summed E-state index contributed by atoms with van der Waals surface area (Å²) in [4.78, 5) is 19.4. The molecule has 0 aromatic heterocycles. The first-order chi connectivity index (χ1) is 11.7. The van der Waals surface area contributed by atoms with Crippen LogP contribution in [0.1, 0.15) is 25.7 Å². The summed E-state index contributed by atoms with van der Waals surface area (Å²) in [6.45, 7) is 2.79. The number of nitrogens with one attached hydrogen (secondary N) is 2. The number of alkyl halides is 3. The van der Waals surface area contributed by atoms with Crippen molar-refractivity contribution >= 4 is 12.1 Å². The predicted octanol–water partition coefficient (Wildman–Crippen LogP) is 1.45. The second-order valence-corrected chi connectivity index (χ2v) is 5.36. The lowest BCUT2D eigenvalue weighted by atomic mass is 9.91. The summed E-state index contributed by atoms with van der Waals surface area (Å²) in [7, 11) is 1.66. The fourth-order valence-electron chi connectivity index (χ4n) is 2.20. The Kier molecular flexibility index (Phi) is 11.9. The minimum absolute atomic E-state index is 0.124. The third-order valence-electron chi connectivity index (χ3n) is 3.41. The number of halogens is 3. The van der Waals surface area contributed by atoms with Crippen LogP contribution >= 0.6 is 0 Å². The van der Waals surface area contributed by atoms with E-state index >= 15 is 0 Å². The molecule has 11 heteroatoms. The van der Waals surface area contributed by atoms with Crippen molar-refractivity contribution in [2.24, 2.45) is 0 Å². The van der Waals surface area contributed by atoms with E-state index in [1.807, 2.05) is 0 Å². The highest BCUT2D eigenvalue weighted by molar-refractivity contribution is 5.73. The lowest BCUT2D eigenvalue weighted by molar-refractivity contribution is -0.192. The Morgan fingerprint density at radius 3 is 2.00 bits per heavy atom. The van der Waals surface area contributed by atoms with Crippen molar-refractivity contribution in [1.82, 2.24) is 10.6 Å². The molecule has 0 aliphatic heterocycles. The molecule has 25 heavy (non-hydrogen) atoms. The van der Waals surface area contributed by atoms with Crippen LogP contribution in [0.3, 0.4) is 0 Å². The maximum Gasteiger partial charge on any atom is 0.490 e. The standard InChI is InChI=1S/C12H24N2O4.C2HF3O2/c1-17-8-9-18-7-6-13-10-2-4-11(5-3-10)14-12(15)16;3-2(4,5)1(6)7/h10-11,13-14H,2-9H2,1H3,(H,15,16);(H,6,7)/t10-,11-;. The highest BCUT2D eigenvalue weighted by Gasteiger charge is 2.38. The molecule has 4 N–H and O–H groups in total. The monoisotopic (exact) mass is 374 g/mol. The summed E-state index contributed by atoms with van der Waals surface area (Å²) in [5, 5.41) is 21.7. The van der Waals surface area contributed by atoms with Crippen LogP contribution in [0.2, 0.25) is 0 Å². The van der Waals surface area contributed by atoms with Gasteiger partial charge in [0.2, 0.25) is 0 Å². The Hall–Kier alpha value is -1.59. The average Bonchev–Trinajstić information content (AvgIpc) is 2.51. The second kappa shape index (κ2) is 12.7. The summed E-state index contributed by atoms with van der Waals surface area (Å²) in [6.07, 6.45) is -2.15. The van der Waals surface area contributed by atoms with Gasteiger partial charge >= 0.3 is 18.2 Å². The van der Waals surface area contributed by atoms with Gasteiger partial charge in [-0.2, -0.15) is 13.2 Å². The number of amides is 1. The number of methoxy groups -OCH3 is 1. The topological polar surface area (TPSA) is 117 Å². The van der Waals surface area contributed by atoms with E-state index in [9.17, 15) is 18.0 Å². The molecule has 0 spiro atoms. The van der Waals surface area contributed by atoms with Gasteiger partial charge in [-0.3, -0.25) is 0 Å². The molecule has 0 aromatic rings. The van der Waals surface area contributed by atoms with E-state index in [2.05, 4.69) is 10.6 Å². The number of ether oxygens (including phenoxy) is 2. The van der Waals surface area contributed by atoms with Gasteiger partial charge < -0.3 is 30.3 Å². The van der Waals surface area contributed by atoms with Crippen LogP contribution in [0.15, 0.2) is 0 Å². The quantitative estimate of drug-likeness (QED) is 0.475. The van der Waals surface area contributed by atoms with Gasteiger partial charge in [-0.25, -0.2) is 9.59 Å². The van der Waals surface area contributed by atoms with Crippen LogP contribution < -0.4 is 10.6 Å². The molecule has 1 rings (SSSR count). The Bertz CT molecular complexity index is 387. The average molecular weight is 374 g/mol. The van der Waals surface area contributed by atoms with Crippen molar-refractivity contribution in [3.05, 3.63) is 0 Å². The van der Waals surface area contributed by atoms with E-state index in [0.717, 1.165) is 32.2 Å². The molecule has 1 aliphatic carbocycles. The predicted molar refractivity (Wildman–Crippen MR) is 81.6 cm³/mol. The maximum absolute atomic E-state index is 10.6. The van der Waals surface area contributed by atoms with E-state index in [1.165, 1.54) is 0 Å². The third-order valence-corrected chi connectivity index (χ3v) is 3.41. The van der Waals surface area contributed by atoms with Gasteiger partial charge in [0.15, 0.2) is 0 Å². The molecule has 0 atom stereocenters. The number of rotatable bonds is 8. The molecule has 148 valence electrons. The van der Waals surface area contributed by atoms with Gasteiger partial charge in [-0.15, -0.1) is 0 Å². The minimum Gasteiger partial charge on any atom is -0.475 e. The fourth-order valence-corrected chi connectivity index (χ4v) is 2.20. The molecule has 1 amide bonds. The zero-order valence-corrected chi connectivity index (χ0v) is 14.0. The highest BCUT2D eigenvalue weighted by Crippen LogP contribution is 2.18. The van der Waals surface area contributed by atoms with Crippen LogP contribution in [-0.2, 0) is 14.3 Å². The first-order valence-corrected chi connectivity index (χ1v) is 7.76. The van der Waals surface area contributed by atoms with E-state index in [1.54, 1.807) is 7.11 Å². The van der Waals surface area contributed by atoms with Crippen molar-refractivity contribution in [3.8, 4) is 0 Å². The minimum atomic E-state index is -5.08. The van der Waals surface area contributed by atoms with Gasteiger partial charge in [-0.05, 0) is 25.7 Å². The van der Waals surface area contributed by atoms with Crippen LogP contribution in [0.25, 0.3) is 0 Å². The SMILES string of the molecule is COCCOCCN[C@H]1CC[C@H](NC(=O)O)CC1.O=C(O)C(F)(F)F. The lowest BCUT2D eigenvalue weighted by Crippen LogP contribution is -2.42. The molecule has 1 saturated carbocycles. The zero-order chi connectivity index (χ0) is 19.3. The molecule has 0 radical (unpaired) electrons. The number of aliphatic carboxylic acids is 1. The van der Waals surface area contributed by atoms with E-state index in [0.29, 0.717) is 25.9 Å². The molecule has 0 bridgehead atoms. The Labute approximate surface area is 143 Å². The Morgan fingerprint density at radius 2 is 1.56 bits per heavy atom. The summed E-state index contributed by atoms with van der Waals surface area (Å²) < 4.78 is 42.0. The van der Waals surface area contributed by atoms with Gasteiger partial charge in [0.25, 0.3) is 0 Å². The Morgan fingerprint density at radius 1 is 1.04 bits per heavy atom. The smallest absolute Gasteiger partial charge is 0.475 e. The van der Waals surface area contributed by atoms with E-state index < -0.39 is 18.2 Å². The number of carbonyl (C=O) groups is 2. The normalized spacial score (nSPS) is 20.3. The van der Waals surface area contributed by atoms with E-state index in [-0.39, 0.29) is 6.04 Å². The van der Waals surface area contributed by atoms with Crippen molar-refractivity contribution in [3.63, 3.8) is 0 Å². The first-order valence-electron chi connectivity index (χ1n) is 7.76. The van der Waals surface area contributed by atoms with E-state index in [4.69, 9.17) is 24.5 Å². The van der Waals surface area contributed by atoms with Crippen LogP contribution in [0.5, 0.6) is 0 Å². The van der Waals surface area contributed by atoms with Crippen molar-refractivity contribution in [1.29, 1.82) is 0 Å². The number of hydrogen-bond donors (Lipinski definition) is 4. The van der Waals surface area contributed by atoms with Crippen LogP contribution in [0, 0.1) is 0 Å². The lowest BCUT2D eigenvalue weighted by Gasteiger charge is -2.29. The molecular weight excluding hydrogens is 349 g/mol. The first kappa shape index (κ1) is 23.4. The molecule has 1 aliphatic rings. The van der Waals surface area contributed by atoms with Crippen molar-refractivity contribution in [2.75, 3.05) is 33.5 Å².